The lowest BCUT2D eigenvalue weighted by Crippen LogP contribution is -2.46. The van der Waals surface area contributed by atoms with Crippen LogP contribution in [0.3, 0.4) is 0 Å². The monoisotopic (exact) mass is 262 g/mol. The lowest BCUT2D eigenvalue weighted by Gasteiger charge is -2.32. The molecule has 0 radical (unpaired) electrons. The first kappa shape index (κ1) is 14.5. The van der Waals surface area contributed by atoms with Gasteiger partial charge in [-0.05, 0) is 26.0 Å². The second-order valence-corrected chi connectivity index (χ2v) is 5.43. The fourth-order valence-corrected chi connectivity index (χ4v) is 2.56. The summed E-state index contributed by atoms with van der Waals surface area (Å²) in [4.78, 5) is 2.45. The van der Waals surface area contributed by atoms with Crippen LogP contribution in [0.5, 0.6) is 0 Å². The average molecular weight is 262 g/mol. The predicted molar refractivity (Wildman–Crippen MR) is 79.5 cm³/mol. The molecule has 1 aromatic carbocycles. The molecule has 2 atom stereocenters. The SMILES string of the molecule is CCN1CCOC(CNC(C)c2cccc(C)c2)C1. The highest BCUT2D eigenvalue weighted by Gasteiger charge is 2.19. The van der Waals surface area contributed by atoms with Crippen molar-refractivity contribution in [3.05, 3.63) is 35.4 Å². The molecule has 106 valence electrons. The van der Waals surface area contributed by atoms with Gasteiger partial charge in [-0.15, -0.1) is 0 Å². The zero-order valence-electron chi connectivity index (χ0n) is 12.4. The fraction of sp³-hybridized carbons (Fsp3) is 0.625. The molecule has 1 aliphatic rings. The molecule has 0 spiro atoms. The van der Waals surface area contributed by atoms with E-state index in [2.05, 4.69) is 55.3 Å². The molecule has 0 bridgehead atoms. The molecule has 3 heteroatoms. The number of aryl methyl sites for hydroxylation is 1. The Balaban J connectivity index is 1.81. The molecule has 0 aromatic heterocycles. The first-order valence-corrected chi connectivity index (χ1v) is 7.33. The summed E-state index contributed by atoms with van der Waals surface area (Å²) in [6, 6.07) is 9.07. The fourth-order valence-electron chi connectivity index (χ4n) is 2.56. The minimum absolute atomic E-state index is 0.320. The Morgan fingerprint density at radius 1 is 1.47 bits per heavy atom. The number of nitrogens with zero attached hydrogens (tertiary/aromatic N) is 1. The Hall–Kier alpha value is -0.900. The van der Waals surface area contributed by atoms with Crippen molar-refractivity contribution in [1.82, 2.24) is 10.2 Å². The Labute approximate surface area is 116 Å². The van der Waals surface area contributed by atoms with E-state index in [0.29, 0.717) is 12.1 Å². The van der Waals surface area contributed by atoms with Crippen LogP contribution in [0.1, 0.15) is 31.0 Å². The van der Waals surface area contributed by atoms with Crippen molar-refractivity contribution >= 4 is 0 Å². The van der Waals surface area contributed by atoms with Crippen molar-refractivity contribution in [3.8, 4) is 0 Å². The predicted octanol–water partition coefficient (Wildman–Crippen LogP) is 2.37. The van der Waals surface area contributed by atoms with Gasteiger partial charge in [-0.3, -0.25) is 4.90 Å². The number of nitrogens with one attached hydrogen (secondary N) is 1. The van der Waals surface area contributed by atoms with Crippen LogP contribution in [0.25, 0.3) is 0 Å². The Morgan fingerprint density at radius 3 is 3.05 bits per heavy atom. The number of ether oxygens (including phenoxy) is 1. The highest BCUT2D eigenvalue weighted by Crippen LogP contribution is 2.14. The molecule has 1 heterocycles. The van der Waals surface area contributed by atoms with Crippen molar-refractivity contribution in [3.63, 3.8) is 0 Å². The van der Waals surface area contributed by atoms with Crippen LogP contribution in [0.15, 0.2) is 24.3 Å². The first-order chi connectivity index (χ1) is 9.19. The maximum atomic E-state index is 5.82. The third-order valence-electron chi connectivity index (χ3n) is 3.86. The van der Waals surface area contributed by atoms with Crippen LogP contribution in [0.2, 0.25) is 0 Å². The highest BCUT2D eigenvalue weighted by atomic mass is 16.5. The van der Waals surface area contributed by atoms with E-state index in [1.54, 1.807) is 0 Å². The van der Waals surface area contributed by atoms with Crippen molar-refractivity contribution in [2.45, 2.75) is 32.9 Å². The second-order valence-electron chi connectivity index (χ2n) is 5.43. The van der Waals surface area contributed by atoms with E-state index in [4.69, 9.17) is 4.74 Å². The molecule has 1 N–H and O–H groups in total. The highest BCUT2D eigenvalue weighted by molar-refractivity contribution is 5.24. The van der Waals surface area contributed by atoms with Gasteiger partial charge in [0.1, 0.15) is 0 Å². The molecule has 0 aliphatic carbocycles. The Morgan fingerprint density at radius 2 is 2.32 bits per heavy atom. The standard InChI is InChI=1S/C16H26N2O/c1-4-18-8-9-19-16(12-18)11-17-14(3)15-7-5-6-13(2)10-15/h5-7,10,14,16-17H,4,8-9,11-12H2,1-3H3. The number of benzene rings is 1. The van der Waals surface area contributed by atoms with E-state index >= 15 is 0 Å². The maximum Gasteiger partial charge on any atom is 0.0826 e. The summed E-state index contributed by atoms with van der Waals surface area (Å²) < 4.78 is 5.82. The maximum absolute atomic E-state index is 5.82. The minimum atomic E-state index is 0.320. The smallest absolute Gasteiger partial charge is 0.0826 e. The summed E-state index contributed by atoms with van der Waals surface area (Å²) in [5.41, 5.74) is 2.67. The van der Waals surface area contributed by atoms with Crippen LogP contribution < -0.4 is 5.32 Å². The van der Waals surface area contributed by atoms with Crippen molar-refractivity contribution in [1.29, 1.82) is 0 Å². The van der Waals surface area contributed by atoms with Gasteiger partial charge in [-0.2, -0.15) is 0 Å². The van der Waals surface area contributed by atoms with E-state index in [-0.39, 0.29) is 0 Å². The van der Waals surface area contributed by atoms with Crippen LogP contribution in [0.4, 0.5) is 0 Å². The van der Waals surface area contributed by atoms with Crippen LogP contribution in [-0.4, -0.2) is 43.8 Å². The van der Waals surface area contributed by atoms with Gasteiger partial charge < -0.3 is 10.1 Å². The van der Waals surface area contributed by atoms with Gasteiger partial charge in [0.25, 0.3) is 0 Å². The summed E-state index contributed by atoms with van der Waals surface area (Å²) in [6.07, 6.45) is 0.320. The summed E-state index contributed by atoms with van der Waals surface area (Å²) in [5.74, 6) is 0. The second kappa shape index (κ2) is 7.04. The molecule has 0 saturated carbocycles. The quantitative estimate of drug-likeness (QED) is 0.881. The molecule has 2 rings (SSSR count). The Kier molecular flexibility index (Phi) is 5.37. The minimum Gasteiger partial charge on any atom is -0.374 e. The first-order valence-electron chi connectivity index (χ1n) is 7.33. The van der Waals surface area contributed by atoms with E-state index in [1.165, 1.54) is 11.1 Å². The largest absolute Gasteiger partial charge is 0.374 e. The molecule has 1 fully saturated rings. The Bertz CT molecular complexity index is 394. The molecule has 2 unspecified atom stereocenters. The molecule has 0 amide bonds. The van der Waals surface area contributed by atoms with Gasteiger partial charge in [-0.1, -0.05) is 36.8 Å². The molecule has 1 aliphatic heterocycles. The van der Waals surface area contributed by atoms with Crippen molar-refractivity contribution in [2.24, 2.45) is 0 Å². The van der Waals surface area contributed by atoms with Gasteiger partial charge in [0.15, 0.2) is 0 Å². The van der Waals surface area contributed by atoms with Crippen LogP contribution >= 0.6 is 0 Å². The summed E-state index contributed by atoms with van der Waals surface area (Å²) in [6.45, 7) is 11.6. The molecular formula is C16H26N2O. The zero-order chi connectivity index (χ0) is 13.7. The van der Waals surface area contributed by atoms with Crippen LogP contribution in [0, 0.1) is 6.92 Å². The van der Waals surface area contributed by atoms with Crippen molar-refractivity contribution in [2.75, 3.05) is 32.8 Å². The topological polar surface area (TPSA) is 24.5 Å². The van der Waals surface area contributed by atoms with E-state index in [9.17, 15) is 0 Å². The third kappa shape index (κ3) is 4.30. The zero-order valence-corrected chi connectivity index (χ0v) is 12.4. The normalized spacial score (nSPS) is 22.4. The lowest BCUT2D eigenvalue weighted by molar-refractivity contribution is -0.0262. The van der Waals surface area contributed by atoms with Gasteiger partial charge in [0, 0.05) is 25.7 Å². The van der Waals surface area contributed by atoms with Gasteiger partial charge in [0.2, 0.25) is 0 Å². The summed E-state index contributed by atoms with van der Waals surface area (Å²) in [5, 5.41) is 3.59. The molecule has 1 aromatic rings. The van der Waals surface area contributed by atoms with Gasteiger partial charge in [-0.25, -0.2) is 0 Å². The molecule has 1 saturated heterocycles. The molecular weight excluding hydrogens is 236 g/mol. The number of likely N-dealkylation sites (N-methyl/N-ethyl adjacent to an activating group) is 1. The lowest BCUT2D eigenvalue weighted by atomic mass is 10.1. The van der Waals surface area contributed by atoms with E-state index in [0.717, 1.165) is 32.8 Å². The van der Waals surface area contributed by atoms with Gasteiger partial charge >= 0.3 is 0 Å². The van der Waals surface area contributed by atoms with Crippen molar-refractivity contribution < 1.29 is 4.74 Å². The van der Waals surface area contributed by atoms with E-state index < -0.39 is 0 Å². The molecule has 19 heavy (non-hydrogen) atoms. The molecule has 3 nitrogen and oxygen atoms in total. The summed E-state index contributed by atoms with van der Waals surface area (Å²) >= 11 is 0. The number of morpholine rings is 1. The van der Waals surface area contributed by atoms with Gasteiger partial charge in [0.05, 0.1) is 12.7 Å². The number of hydrogen-bond donors (Lipinski definition) is 1. The number of rotatable bonds is 5. The number of hydrogen-bond acceptors (Lipinski definition) is 3. The summed E-state index contributed by atoms with van der Waals surface area (Å²) in [7, 11) is 0. The van der Waals surface area contributed by atoms with E-state index in [1.807, 2.05) is 0 Å². The third-order valence-corrected chi connectivity index (χ3v) is 3.86. The van der Waals surface area contributed by atoms with Crippen LogP contribution in [-0.2, 0) is 4.74 Å². The average Bonchev–Trinajstić information content (AvgIpc) is 2.45.